The molecule has 13 heteroatoms. The number of rotatable bonds is 17. The molecule has 0 bridgehead atoms. The fourth-order valence-electron chi connectivity index (χ4n) is 1.87. The molecule has 2 unspecified atom stereocenters. The van der Waals surface area contributed by atoms with E-state index in [4.69, 9.17) is 38.2 Å². The van der Waals surface area contributed by atoms with Crippen molar-refractivity contribution in [3.63, 3.8) is 0 Å². The predicted molar refractivity (Wildman–Crippen MR) is 88.6 cm³/mol. The molecule has 9 nitrogen and oxygen atoms in total. The van der Waals surface area contributed by atoms with Crippen LogP contribution in [0.4, 0.5) is 17.7 Å². The molecule has 0 fully saturated rings. The normalized spacial score (nSPS) is 17.0. The minimum Gasteiger partial charge on any atom is -0.354 e. The van der Waals surface area contributed by atoms with Crippen LogP contribution < -0.4 is 0 Å². The van der Waals surface area contributed by atoms with Crippen LogP contribution in [-0.4, -0.2) is 71.2 Å². The van der Waals surface area contributed by atoms with E-state index in [9.17, 15) is 17.7 Å². The number of hydrogen-bond acceptors (Lipinski definition) is 9. The maximum atomic E-state index is 13.8. The highest BCUT2D eigenvalue weighted by Crippen LogP contribution is 2.39. The van der Waals surface area contributed by atoms with Crippen molar-refractivity contribution in [3.05, 3.63) is 0 Å². The summed E-state index contributed by atoms with van der Waals surface area (Å²) in [5.74, 6) is -6.15. The lowest BCUT2D eigenvalue weighted by Crippen LogP contribution is -2.65. The highest BCUT2D eigenvalue weighted by molar-refractivity contribution is 4.75. The van der Waals surface area contributed by atoms with E-state index in [-0.39, 0.29) is 13.2 Å². The van der Waals surface area contributed by atoms with E-state index in [0.717, 1.165) is 0 Å². The zero-order valence-corrected chi connectivity index (χ0v) is 17.4. The molecule has 0 saturated carbocycles. The summed E-state index contributed by atoms with van der Waals surface area (Å²) in [7, 11) is 2.49. The average molecular weight is 442 g/mol. The molecule has 0 aromatic heterocycles. The lowest BCUT2D eigenvalue weighted by molar-refractivity contribution is -0.643. The van der Waals surface area contributed by atoms with Gasteiger partial charge >= 0.3 is 18.1 Å². The number of hydrogen-bond donors (Lipinski definition) is 0. The Bertz CT molecular complexity index is 424. The Morgan fingerprint density at radius 2 is 1.52 bits per heavy atom. The van der Waals surface area contributed by atoms with Gasteiger partial charge in [-0.25, -0.2) is 4.89 Å². The zero-order chi connectivity index (χ0) is 22.6. The first kappa shape index (κ1) is 28.4. The van der Waals surface area contributed by atoms with Crippen LogP contribution in [0.25, 0.3) is 0 Å². The van der Waals surface area contributed by atoms with E-state index >= 15 is 0 Å². The third kappa shape index (κ3) is 9.36. The molecule has 0 saturated heterocycles. The molecule has 0 N–H and O–H groups in total. The summed E-state index contributed by atoms with van der Waals surface area (Å²) in [5, 5.41) is 0. The van der Waals surface area contributed by atoms with E-state index < -0.39 is 43.7 Å². The van der Waals surface area contributed by atoms with Crippen molar-refractivity contribution in [2.24, 2.45) is 0 Å². The van der Waals surface area contributed by atoms with Gasteiger partial charge in [-0.3, -0.25) is 0 Å². The molecule has 0 amide bonds. The standard InChI is InChI=1S/C16H30F4O9/c1-7-9-23-16(28-20,27-12(3)4)15(29-26-8-2,25-11-14(17,18)19)24-10-13(21-5)22-6/h12-13H,7-11H2,1-6H3. The molecule has 2 atom stereocenters. The maximum Gasteiger partial charge on any atom is 0.412 e. The highest BCUT2D eigenvalue weighted by atomic mass is 19.4. The van der Waals surface area contributed by atoms with Crippen molar-refractivity contribution < 1.29 is 60.8 Å². The lowest BCUT2D eigenvalue weighted by atomic mass is 10.3. The third-order valence-electron chi connectivity index (χ3n) is 3.01. The van der Waals surface area contributed by atoms with Gasteiger partial charge in [-0.15, -0.1) is 4.94 Å². The molecule has 0 aliphatic carbocycles. The second-order valence-corrected chi connectivity index (χ2v) is 5.81. The second kappa shape index (κ2) is 13.6. The lowest BCUT2D eigenvalue weighted by Gasteiger charge is -2.43. The van der Waals surface area contributed by atoms with E-state index in [1.807, 2.05) is 0 Å². The Kier molecular flexibility index (Phi) is 13.3. The molecule has 0 aliphatic heterocycles. The third-order valence-corrected chi connectivity index (χ3v) is 3.01. The van der Waals surface area contributed by atoms with Crippen LogP contribution >= 0.6 is 0 Å². The van der Waals surface area contributed by atoms with Gasteiger partial charge in [-0.05, 0) is 31.7 Å². The van der Waals surface area contributed by atoms with Gasteiger partial charge in [0.1, 0.15) is 13.2 Å². The SMILES string of the molecule is CCCOC(OF)(OC(C)C)C(OCC(OC)OC)(OCC(F)(F)F)OOCC. The van der Waals surface area contributed by atoms with Crippen molar-refractivity contribution in [3.8, 4) is 0 Å². The summed E-state index contributed by atoms with van der Waals surface area (Å²) in [6.45, 7) is 3.09. The highest BCUT2D eigenvalue weighted by Gasteiger charge is 2.65. The number of ether oxygens (including phenoxy) is 6. The minimum atomic E-state index is -4.85. The quantitative estimate of drug-likeness (QED) is 0.146. The zero-order valence-electron chi connectivity index (χ0n) is 17.4. The molecule has 0 spiro atoms. The Morgan fingerprint density at radius 3 is 1.93 bits per heavy atom. The first-order valence-corrected chi connectivity index (χ1v) is 8.87. The van der Waals surface area contributed by atoms with Crippen molar-refractivity contribution in [2.45, 2.75) is 64.6 Å². The summed E-state index contributed by atoms with van der Waals surface area (Å²) in [4.78, 5) is 13.5. The number of halogens is 4. The molecule has 0 heterocycles. The van der Waals surface area contributed by atoms with Gasteiger partial charge in [0.05, 0.1) is 19.3 Å². The van der Waals surface area contributed by atoms with Crippen LogP contribution in [0.3, 0.4) is 0 Å². The Morgan fingerprint density at radius 1 is 0.897 bits per heavy atom. The minimum absolute atomic E-state index is 0.170. The van der Waals surface area contributed by atoms with Gasteiger partial charge in [-0.1, -0.05) is 6.92 Å². The average Bonchev–Trinajstić information content (AvgIpc) is 2.66. The summed E-state index contributed by atoms with van der Waals surface area (Å²) in [5.41, 5.74) is 0. The monoisotopic (exact) mass is 442 g/mol. The first-order chi connectivity index (χ1) is 13.5. The summed E-state index contributed by atoms with van der Waals surface area (Å²) < 4.78 is 83.0. The molecule has 0 aromatic rings. The van der Waals surface area contributed by atoms with Gasteiger partial charge in [0.15, 0.2) is 6.29 Å². The Labute approximate surface area is 167 Å². The van der Waals surface area contributed by atoms with Crippen LogP contribution in [-0.2, 0) is 43.1 Å². The maximum absolute atomic E-state index is 13.8. The molecular formula is C16H30F4O9. The molecule has 29 heavy (non-hydrogen) atoms. The summed E-state index contributed by atoms with van der Waals surface area (Å²) >= 11 is 0. The van der Waals surface area contributed by atoms with Crippen LogP contribution in [0.5, 0.6) is 0 Å². The van der Waals surface area contributed by atoms with Crippen LogP contribution in [0.15, 0.2) is 0 Å². The van der Waals surface area contributed by atoms with Crippen LogP contribution in [0, 0.1) is 0 Å². The largest absolute Gasteiger partial charge is 0.412 e. The van der Waals surface area contributed by atoms with Gasteiger partial charge in [0, 0.05) is 14.2 Å². The molecule has 0 radical (unpaired) electrons. The van der Waals surface area contributed by atoms with E-state index in [1.54, 1.807) is 6.92 Å². The molecular weight excluding hydrogens is 412 g/mol. The van der Waals surface area contributed by atoms with Crippen molar-refractivity contribution in [2.75, 3.05) is 40.6 Å². The Hall–Kier alpha value is -0.640. The summed E-state index contributed by atoms with van der Waals surface area (Å²) in [6, 6.07) is 0. The molecule has 0 rings (SSSR count). The van der Waals surface area contributed by atoms with Gasteiger partial charge in [-0.2, -0.15) is 18.1 Å². The van der Waals surface area contributed by atoms with Gasteiger partial charge in [0.25, 0.3) is 0 Å². The fraction of sp³-hybridized carbons (Fsp3) is 1.00. The Balaban J connectivity index is 6.22. The van der Waals surface area contributed by atoms with E-state index in [2.05, 4.69) is 4.94 Å². The van der Waals surface area contributed by atoms with E-state index in [0.29, 0.717) is 6.42 Å². The smallest absolute Gasteiger partial charge is 0.354 e. The van der Waals surface area contributed by atoms with Crippen molar-refractivity contribution in [1.82, 2.24) is 0 Å². The second-order valence-electron chi connectivity index (χ2n) is 5.81. The molecule has 176 valence electrons. The van der Waals surface area contributed by atoms with Crippen LogP contribution in [0.2, 0.25) is 0 Å². The number of methoxy groups -OCH3 is 2. The number of alkyl halides is 3. The van der Waals surface area contributed by atoms with Gasteiger partial charge in [0.2, 0.25) is 0 Å². The molecule has 0 aliphatic rings. The van der Waals surface area contributed by atoms with Crippen LogP contribution in [0.1, 0.15) is 34.1 Å². The predicted octanol–water partition coefficient (Wildman–Crippen LogP) is 3.23. The summed E-state index contributed by atoms with van der Waals surface area (Å²) in [6.07, 6.45) is -6.45. The van der Waals surface area contributed by atoms with Gasteiger partial charge < -0.3 is 28.4 Å². The van der Waals surface area contributed by atoms with Crippen molar-refractivity contribution in [1.29, 1.82) is 0 Å². The van der Waals surface area contributed by atoms with E-state index in [1.165, 1.54) is 35.0 Å². The molecule has 0 aromatic carbocycles. The first-order valence-electron chi connectivity index (χ1n) is 8.87. The topological polar surface area (TPSA) is 83.1 Å². The van der Waals surface area contributed by atoms with Crippen molar-refractivity contribution >= 4 is 0 Å². The fourth-order valence-corrected chi connectivity index (χ4v) is 1.87.